The van der Waals surface area contributed by atoms with Gasteiger partial charge in [-0.3, -0.25) is 4.72 Å². The maximum absolute atomic E-state index is 12.1. The SMILES string of the molecule is Cc1nsc(NS(=O)(=O)c2ccc(Br)s2)c1C(=O)O. The van der Waals surface area contributed by atoms with Gasteiger partial charge in [0.15, 0.2) is 0 Å². The molecule has 0 saturated carbocycles. The van der Waals surface area contributed by atoms with Crippen LogP contribution in [0.2, 0.25) is 0 Å². The summed E-state index contributed by atoms with van der Waals surface area (Å²) >= 11 is 5.02. The second kappa shape index (κ2) is 5.19. The molecule has 0 spiro atoms. The van der Waals surface area contributed by atoms with Gasteiger partial charge in [0.1, 0.15) is 14.8 Å². The Bertz CT molecular complexity index is 734. The van der Waals surface area contributed by atoms with E-state index in [1.165, 1.54) is 13.0 Å². The van der Waals surface area contributed by atoms with Crippen LogP contribution in [0, 0.1) is 6.92 Å². The highest BCUT2D eigenvalue weighted by atomic mass is 79.9. The molecule has 0 fully saturated rings. The Labute approximate surface area is 125 Å². The van der Waals surface area contributed by atoms with Crippen LogP contribution in [0.1, 0.15) is 16.1 Å². The van der Waals surface area contributed by atoms with E-state index in [1.807, 2.05) is 0 Å². The Balaban J connectivity index is 2.39. The highest BCUT2D eigenvalue weighted by molar-refractivity contribution is 9.11. The van der Waals surface area contributed by atoms with Crippen LogP contribution in [0.5, 0.6) is 0 Å². The Morgan fingerprint density at radius 3 is 2.68 bits per heavy atom. The lowest BCUT2D eigenvalue weighted by Crippen LogP contribution is -2.13. The van der Waals surface area contributed by atoms with Gasteiger partial charge in [-0.2, -0.15) is 4.37 Å². The van der Waals surface area contributed by atoms with E-state index in [-0.39, 0.29) is 20.5 Å². The van der Waals surface area contributed by atoms with Gasteiger partial charge in [-0.1, -0.05) is 0 Å². The standard InChI is InChI=1S/C9H7BrN2O4S3/c1-4-7(9(13)14)8(18-11-4)12-19(15,16)6-3-2-5(10)17-6/h2-3,12H,1H3,(H,13,14). The molecule has 2 rings (SSSR count). The van der Waals surface area contributed by atoms with Crippen LogP contribution < -0.4 is 4.72 Å². The number of carboxylic acids is 1. The Morgan fingerprint density at radius 2 is 2.16 bits per heavy atom. The lowest BCUT2D eigenvalue weighted by Gasteiger charge is -2.04. The van der Waals surface area contributed by atoms with Crippen molar-refractivity contribution < 1.29 is 18.3 Å². The van der Waals surface area contributed by atoms with Crippen LogP contribution in [0.4, 0.5) is 5.00 Å². The van der Waals surface area contributed by atoms with Crippen molar-refractivity contribution in [1.29, 1.82) is 0 Å². The summed E-state index contributed by atoms with van der Waals surface area (Å²) in [6, 6.07) is 3.04. The smallest absolute Gasteiger partial charge is 0.340 e. The number of carboxylic acid groups (broad SMARTS) is 1. The van der Waals surface area contributed by atoms with Gasteiger partial charge >= 0.3 is 5.97 Å². The molecule has 102 valence electrons. The molecule has 0 aliphatic heterocycles. The van der Waals surface area contributed by atoms with E-state index >= 15 is 0 Å². The quantitative estimate of drug-likeness (QED) is 0.847. The van der Waals surface area contributed by atoms with Crippen molar-refractivity contribution in [2.45, 2.75) is 11.1 Å². The van der Waals surface area contributed by atoms with E-state index < -0.39 is 16.0 Å². The minimum absolute atomic E-state index is 0.00882. The summed E-state index contributed by atoms with van der Waals surface area (Å²) in [4.78, 5) is 11.1. The highest BCUT2D eigenvalue weighted by Gasteiger charge is 2.23. The van der Waals surface area contributed by atoms with Gasteiger partial charge in [-0.25, -0.2) is 13.2 Å². The van der Waals surface area contributed by atoms with Crippen molar-refractivity contribution in [3.8, 4) is 0 Å². The molecular weight excluding hydrogens is 376 g/mol. The predicted molar refractivity (Wildman–Crippen MR) is 76.6 cm³/mol. The molecule has 0 radical (unpaired) electrons. The summed E-state index contributed by atoms with van der Waals surface area (Å²) in [5.74, 6) is -1.21. The second-order valence-corrected chi connectivity index (χ2v) is 8.59. The number of hydrogen-bond donors (Lipinski definition) is 2. The van der Waals surface area contributed by atoms with Gasteiger partial charge in [-0.05, 0) is 46.5 Å². The highest BCUT2D eigenvalue weighted by Crippen LogP contribution is 2.31. The van der Waals surface area contributed by atoms with E-state index in [0.717, 1.165) is 22.9 Å². The second-order valence-electron chi connectivity index (χ2n) is 3.44. The molecule has 0 unspecified atom stereocenters. The first-order chi connectivity index (χ1) is 8.81. The molecule has 2 aromatic heterocycles. The number of anilines is 1. The zero-order valence-electron chi connectivity index (χ0n) is 9.38. The number of halogens is 1. The van der Waals surface area contributed by atoms with Gasteiger partial charge in [0.05, 0.1) is 9.48 Å². The fourth-order valence-corrected chi connectivity index (χ4v) is 5.40. The number of aromatic carboxylic acids is 1. The largest absolute Gasteiger partial charge is 0.478 e. The van der Waals surface area contributed by atoms with Gasteiger partial charge in [0, 0.05) is 0 Å². The summed E-state index contributed by atoms with van der Waals surface area (Å²) in [6.07, 6.45) is 0. The summed E-state index contributed by atoms with van der Waals surface area (Å²) in [5.41, 5.74) is 0.159. The van der Waals surface area contributed by atoms with Crippen molar-refractivity contribution in [1.82, 2.24) is 4.37 Å². The molecule has 0 saturated heterocycles. The first kappa shape index (κ1) is 14.4. The van der Waals surface area contributed by atoms with Gasteiger partial charge in [-0.15, -0.1) is 11.3 Å². The van der Waals surface area contributed by atoms with Gasteiger partial charge < -0.3 is 5.11 Å². The topological polar surface area (TPSA) is 96.4 Å². The summed E-state index contributed by atoms with van der Waals surface area (Å²) < 4.78 is 31.0. The number of carbonyl (C=O) groups is 1. The molecule has 0 atom stereocenters. The van der Waals surface area contributed by atoms with Crippen LogP contribution >= 0.6 is 38.8 Å². The molecule has 0 bridgehead atoms. The van der Waals surface area contributed by atoms with Crippen LogP contribution in [0.15, 0.2) is 20.1 Å². The summed E-state index contributed by atoms with van der Waals surface area (Å²) in [7, 11) is -3.79. The monoisotopic (exact) mass is 382 g/mol. The van der Waals surface area contributed by atoms with Crippen molar-refractivity contribution in [2.24, 2.45) is 0 Å². The van der Waals surface area contributed by atoms with Crippen LogP contribution in [0.3, 0.4) is 0 Å². The minimum atomic E-state index is -3.79. The molecule has 0 aliphatic carbocycles. The van der Waals surface area contributed by atoms with E-state index in [1.54, 1.807) is 6.07 Å². The fourth-order valence-electron chi connectivity index (χ4n) is 1.31. The average Bonchev–Trinajstić information content (AvgIpc) is 2.85. The van der Waals surface area contributed by atoms with Crippen molar-refractivity contribution in [3.63, 3.8) is 0 Å². The lowest BCUT2D eigenvalue weighted by atomic mass is 10.2. The average molecular weight is 383 g/mol. The third-order valence-corrected chi connectivity index (χ3v) is 6.57. The van der Waals surface area contributed by atoms with Crippen molar-refractivity contribution in [2.75, 3.05) is 4.72 Å². The molecule has 0 aliphatic rings. The van der Waals surface area contributed by atoms with Gasteiger partial charge in [0.25, 0.3) is 10.0 Å². The number of thiophene rings is 1. The summed E-state index contributed by atoms with van der Waals surface area (Å²) in [6.45, 7) is 1.51. The number of sulfonamides is 1. The molecular formula is C9H7BrN2O4S3. The maximum Gasteiger partial charge on any atom is 0.340 e. The van der Waals surface area contributed by atoms with Crippen molar-refractivity contribution in [3.05, 3.63) is 27.2 Å². The molecule has 19 heavy (non-hydrogen) atoms. The third kappa shape index (κ3) is 2.96. The number of aromatic nitrogens is 1. The maximum atomic E-state index is 12.1. The zero-order valence-corrected chi connectivity index (χ0v) is 13.4. The molecule has 2 aromatic rings. The number of aryl methyl sites for hydroxylation is 1. The Morgan fingerprint density at radius 1 is 1.47 bits per heavy atom. The lowest BCUT2D eigenvalue weighted by molar-refractivity contribution is 0.0697. The van der Waals surface area contributed by atoms with Crippen LogP contribution in [-0.2, 0) is 10.0 Å². The Kier molecular flexibility index (Phi) is 3.95. The minimum Gasteiger partial charge on any atom is -0.478 e. The van der Waals surface area contributed by atoms with Crippen LogP contribution in [0.25, 0.3) is 0 Å². The normalized spacial score (nSPS) is 11.5. The van der Waals surface area contributed by atoms with E-state index in [0.29, 0.717) is 3.79 Å². The first-order valence-corrected chi connectivity index (χ1v) is 8.65. The Hall–Kier alpha value is -0.970. The number of nitrogens with one attached hydrogen (secondary N) is 1. The molecule has 2 heterocycles. The molecule has 2 N–H and O–H groups in total. The third-order valence-electron chi connectivity index (χ3n) is 2.12. The molecule has 10 heteroatoms. The fraction of sp³-hybridized carbons (Fsp3) is 0.111. The summed E-state index contributed by atoms with van der Waals surface area (Å²) in [5, 5.41) is 9.04. The van der Waals surface area contributed by atoms with E-state index in [9.17, 15) is 13.2 Å². The van der Waals surface area contributed by atoms with E-state index in [2.05, 4.69) is 25.0 Å². The zero-order chi connectivity index (χ0) is 14.2. The first-order valence-electron chi connectivity index (χ1n) is 4.79. The number of nitrogens with zero attached hydrogens (tertiary/aromatic N) is 1. The molecule has 6 nitrogen and oxygen atoms in total. The van der Waals surface area contributed by atoms with Crippen LogP contribution in [-0.4, -0.2) is 23.9 Å². The molecule has 0 amide bonds. The molecule has 0 aromatic carbocycles. The van der Waals surface area contributed by atoms with Gasteiger partial charge in [0.2, 0.25) is 0 Å². The number of hydrogen-bond acceptors (Lipinski definition) is 6. The van der Waals surface area contributed by atoms with Crippen molar-refractivity contribution >= 4 is 59.8 Å². The predicted octanol–water partition coefficient (Wildman–Crippen LogP) is 2.77. The number of rotatable bonds is 4. The van der Waals surface area contributed by atoms with E-state index in [4.69, 9.17) is 5.11 Å².